The van der Waals surface area contributed by atoms with Gasteiger partial charge >= 0.3 is 0 Å². The Balaban J connectivity index is 1.38. The maximum absolute atomic E-state index is 5.97. The van der Waals surface area contributed by atoms with E-state index in [1.165, 1.54) is 0 Å². The van der Waals surface area contributed by atoms with Crippen molar-refractivity contribution in [2.45, 2.75) is 25.5 Å². The number of aromatic nitrogens is 2. The zero-order chi connectivity index (χ0) is 16.4. The van der Waals surface area contributed by atoms with E-state index >= 15 is 0 Å². The zero-order valence-electron chi connectivity index (χ0n) is 13.4. The van der Waals surface area contributed by atoms with E-state index in [4.69, 9.17) is 15.2 Å². The molecule has 0 saturated carbocycles. The Morgan fingerprint density at radius 3 is 3.04 bits per heavy atom. The number of hydrogen-bond acceptors (Lipinski definition) is 7. The standard InChI is InChI=1S/C17H21N5O2/c18-17-21-13-9-19-7-6-12(13)16(22-17)20-8-5-11-10-23-14-3-1-2-4-15(14)24-11/h1-4,11,19H,5-10H2,(H3,18,20,21,22)/t11-/m1/s1. The number of anilines is 2. The molecule has 2 aliphatic rings. The van der Waals surface area contributed by atoms with E-state index in [0.717, 1.165) is 61.1 Å². The molecule has 4 N–H and O–H groups in total. The maximum atomic E-state index is 5.97. The highest BCUT2D eigenvalue weighted by Crippen LogP contribution is 2.31. The van der Waals surface area contributed by atoms with E-state index in [9.17, 15) is 0 Å². The summed E-state index contributed by atoms with van der Waals surface area (Å²) >= 11 is 0. The lowest BCUT2D eigenvalue weighted by Gasteiger charge is -2.26. The minimum Gasteiger partial charge on any atom is -0.486 e. The Labute approximate surface area is 140 Å². The van der Waals surface area contributed by atoms with Gasteiger partial charge in [0.2, 0.25) is 5.95 Å². The van der Waals surface area contributed by atoms with Crippen molar-refractivity contribution in [1.29, 1.82) is 0 Å². The van der Waals surface area contributed by atoms with E-state index in [2.05, 4.69) is 20.6 Å². The molecule has 3 heterocycles. The van der Waals surface area contributed by atoms with Crippen molar-refractivity contribution >= 4 is 11.8 Å². The molecule has 2 aliphatic heterocycles. The van der Waals surface area contributed by atoms with Crippen LogP contribution in [0.5, 0.6) is 11.5 Å². The van der Waals surface area contributed by atoms with Crippen molar-refractivity contribution in [1.82, 2.24) is 15.3 Å². The SMILES string of the molecule is Nc1nc2c(c(NCC[C@@H]3COc4ccccc4O3)n1)CCNC2. The number of nitrogens with zero attached hydrogens (tertiary/aromatic N) is 2. The molecule has 0 aliphatic carbocycles. The first-order valence-electron chi connectivity index (χ1n) is 8.28. The van der Waals surface area contributed by atoms with Crippen LogP contribution in [-0.2, 0) is 13.0 Å². The Morgan fingerprint density at radius 2 is 2.12 bits per heavy atom. The minimum absolute atomic E-state index is 0.0316. The first kappa shape index (κ1) is 15.0. The monoisotopic (exact) mass is 327 g/mol. The third-order valence-corrected chi connectivity index (χ3v) is 4.28. The van der Waals surface area contributed by atoms with Crippen LogP contribution in [0.25, 0.3) is 0 Å². The predicted molar refractivity (Wildman–Crippen MR) is 91.3 cm³/mol. The number of nitrogen functional groups attached to an aromatic ring is 1. The average molecular weight is 327 g/mol. The molecule has 0 radical (unpaired) electrons. The molecule has 0 fully saturated rings. The van der Waals surface area contributed by atoms with Gasteiger partial charge in [0.05, 0.1) is 5.69 Å². The quantitative estimate of drug-likeness (QED) is 0.780. The molecular weight excluding hydrogens is 306 g/mol. The number of fused-ring (bicyclic) bond motifs is 2. The second kappa shape index (κ2) is 6.52. The Hall–Kier alpha value is -2.54. The molecule has 126 valence electrons. The van der Waals surface area contributed by atoms with Crippen molar-refractivity contribution in [3.05, 3.63) is 35.5 Å². The third-order valence-electron chi connectivity index (χ3n) is 4.28. The molecular formula is C17H21N5O2. The fraction of sp³-hybridized carbons (Fsp3) is 0.412. The van der Waals surface area contributed by atoms with E-state index in [1.54, 1.807) is 0 Å². The summed E-state index contributed by atoms with van der Waals surface area (Å²) in [6.45, 7) is 2.98. The number of nitrogens with two attached hydrogens (primary N) is 1. The summed E-state index contributed by atoms with van der Waals surface area (Å²) in [7, 11) is 0. The van der Waals surface area contributed by atoms with Crippen molar-refractivity contribution in [2.75, 3.05) is 30.7 Å². The van der Waals surface area contributed by atoms with Gasteiger partial charge < -0.3 is 25.8 Å². The molecule has 0 unspecified atom stereocenters. The summed E-state index contributed by atoms with van der Waals surface area (Å²) in [5.74, 6) is 2.78. The van der Waals surface area contributed by atoms with Crippen LogP contribution in [0.3, 0.4) is 0 Å². The van der Waals surface area contributed by atoms with Gasteiger partial charge in [0.1, 0.15) is 18.5 Å². The maximum Gasteiger partial charge on any atom is 0.222 e. The van der Waals surface area contributed by atoms with Gasteiger partial charge in [-0.2, -0.15) is 4.98 Å². The van der Waals surface area contributed by atoms with E-state index in [1.807, 2.05) is 24.3 Å². The smallest absolute Gasteiger partial charge is 0.222 e. The number of rotatable bonds is 4. The molecule has 1 aromatic heterocycles. The number of benzene rings is 1. The largest absolute Gasteiger partial charge is 0.486 e. The summed E-state index contributed by atoms with van der Waals surface area (Å²) in [5.41, 5.74) is 7.97. The predicted octanol–water partition coefficient (Wildman–Crippen LogP) is 1.35. The summed E-state index contributed by atoms with van der Waals surface area (Å²) in [6, 6.07) is 7.76. The van der Waals surface area contributed by atoms with Gasteiger partial charge in [-0.15, -0.1) is 0 Å². The Bertz CT molecular complexity index is 737. The Morgan fingerprint density at radius 1 is 1.25 bits per heavy atom. The molecule has 7 nitrogen and oxygen atoms in total. The van der Waals surface area contributed by atoms with E-state index < -0.39 is 0 Å². The van der Waals surface area contributed by atoms with Gasteiger partial charge in [-0.05, 0) is 25.1 Å². The normalized spacial score (nSPS) is 18.8. The van der Waals surface area contributed by atoms with Gasteiger partial charge in [0.25, 0.3) is 0 Å². The van der Waals surface area contributed by atoms with Crippen LogP contribution in [0.15, 0.2) is 24.3 Å². The fourth-order valence-corrected chi connectivity index (χ4v) is 3.08. The first-order chi connectivity index (χ1) is 11.8. The molecule has 0 amide bonds. The summed E-state index contributed by atoms with van der Waals surface area (Å²) in [6.07, 6.45) is 1.77. The fourth-order valence-electron chi connectivity index (χ4n) is 3.08. The molecule has 4 rings (SSSR count). The van der Waals surface area contributed by atoms with Crippen molar-refractivity contribution < 1.29 is 9.47 Å². The topological polar surface area (TPSA) is 94.3 Å². The molecule has 0 bridgehead atoms. The molecule has 2 aromatic rings. The highest BCUT2D eigenvalue weighted by molar-refractivity contribution is 5.50. The number of ether oxygens (including phenoxy) is 2. The first-order valence-corrected chi connectivity index (χ1v) is 8.28. The van der Waals surface area contributed by atoms with Gasteiger partial charge in [0.15, 0.2) is 11.5 Å². The summed E-state index contributed by atoms with van der Waals surface area (Å²) in [4.78, 5) is 8.68. The molecule has 24 heavy (non-hydrogen) atoms. The minimum atomic E-state index is 0.0316. The van der Waals surface area contributed by atoms with Gasteiger partial charge in [-0.25, -0.2) is 4.98 Å². The number of para-hydroxylation sites is 2. The van der Waals surface area contributed by atoms with Crippen LogP contribution >= 0.6 is 0 Å². The Kier molecular flexibility index (Phi) is 4.08. The van der Waals surface area contributed by atoms with Crippen LogP contribution in [-0.4, -0.2) is 35.8 Å². The molecule has 0 spiro atoms. The lowest BCUT2D eigenvalue weighted by atomic mass is 10.1. The zero-order valence-corrected chi connectivity index (χ0v) is 13.4. The molecule has 0 saturated heterocycles. The number of hydrogen-bond donors (Lipinski definition) is 3. The van der Waals surface area contributed by atoms with Crippen LogP contribution in [0.4, 0.5) is 11.8 Å². The van der Waals surface area contributed by atoms with Gasteiger partial charge in [-0.1, -0.05) is 12.1 Å². The molecule has 1 atom stereocenters. The van der Waals surface area contributed by atoms with Crippen LogP contribution in [0.1, 0.15) is 17.7 Å². The van der Waals surface area contributed by atoms with E-state index in [-0.39, 0.29) is 6.10 Å². The molecule has 7 heteroatoms. The van der Waals surface area contributed by atoms with Gasteiger partial charge in [-0.3, -0.25) is 0 Å². The highest BCUT2D eigenvalue weighted by atomic mass is 16.6. The van der Waals surface area contributed by atoms with Crippen LogP contribution in [0.2, 0.25) is 0 Å². The average Bonchev–Trinajstić information content (AvgIpc) is 2.61. The van der Waals surface area contributed by atoms with Crippen molar-refractivity contribution in [3.63, 3.8) is 0 Å². The van der Waals surface area contributed by atoms with E-state index in [0.29, 0.717) is 12.6 Å². The second-order valence-electron chi connectivity index (χ2n) is 6.00. The summed E-state index contributed by atoms with van der Waals surface area (Å²) < 4.78 is 11.7. The second-order valence-corrected chi connectivity index (χ2v) is 6.00. The van der Waals surface area contributed by atoms with Crippen molar-refractivity contribution in [3.8, 4) is 11.5 Å². The molecule has 1 aromatic carbocycles. The third kappa shape index (κ3) is 3.07. The van der Waals surface area contributed by atoms with Gasteiger partial charge in [0, 0.05) is 25.1 Å². The van der Waals surface area contributed by atoms with Crippen LogP contribution < -0.4 is 25.8 Å². The highest BCUT2D eigenvalue weighted by Gasteiger charge is 2.21. The lowest BCUT2D eigenvalue weighted by molar-refractivity contribution is 0.0873. The number of nitrogens with one attached hydrogen (secondary N) is 2. The van der Waals surface area contributed by atoms with Crippen molar-refractivity contribution in [2.24, 2.45) is 0 Å². The van der Waals surface area contributed by atoms with Crippen LogP contribution in [0, 0.1) is 0 Å². The summed E-state index contributed by atoms with van der Waals surface area (Å²) in [5, 5.41) is 6.69. The lowest BCUT2D eigenvalue weighted by Crippen LogP contribution is -2.31.